The van der Waals surface area contributed by atoms with E-state index in [1.807, 2.05) is 20.8 Å². The second kappa shape index (κ2) is 3.41. The summed E-state index contributed by atoms with van der Waals surface area (Å²) < 4.78 is 4.16. The third-order valence-corrected chi connectivity index (χ3v) is 2.01. The van der Waals surface area contributed by atoms with Gasteiger partial charge in [0.1, 0.15) is 5.82 Å². The van der Waals surface area contributed by atoms with Crippen LogP contribution in [0.4, 0.5) is 5.13 Å². The maximum absolute atomic E-state index is 10.7. The first kappa shape index (κ1) is 10.1. The zero-order valence-electron chi connectivity index (χ0n) is 8.21. The van der Waals surface area contributed by atoms with E-state index in [9.17, 15) is 4.79 Å². The maximum Gasteiger partial charge on any atom is 0.223 e. The van der Waals surface area contributed by atoms with E-state index in [2.05, 4.69) is 14.7 Å². The molecule has 0 unspecified atom stereocenters. The molecule has 1 heterocycles. The first-order valence-electron chi connectivity index (χ1n) is 4.01. The Bertz CT molecular complexity index is 313. The molecule has 0 atom stereocenters. The van der Waals surface area contributed by atoms with Crippen molar-refractivity contribution >= 4 is 22.6 Å². The number of hydrogen-bond acceptors (Lipinski definition) is 4. The Labute approximate surface area is 81.6 Å². The maximum atomic E-state index is 10.7. The van der Waals surface area contributed by atoms with Gasteiger partial charge < -0.3 is 5.32 Å². The van der Waals surface area contributed by atoms with Crippen LogP contribution in [0.2, 0.25) is 0 Å². The molecule has 4 nitrogen and oxygen atoms in total. The fourth-order valence-electron chi connectivity index (χ4n) is 0.729. The van der Waals surface area contributed by atoms with Crippen molar-refractivity contribution in [2.24, 2.45) is 0 Å². The summed E-state index contributed by atoms with van der Waals surface area (Å²) in [5.41, 5.74) is -0.0623. The molecular weight excluding hydrogens is 186 g/mol. The molecule has 1 rings (SSSR count). The van der Waals surface area contributed by atoms with Gasteiger partial charge in [-0.1, -0.05) is 20.8 Å². The minimum absolute atomic E-state index is 0.0623. The molecule has 0 radical (unpaired) electrons. The van der Waals surface area contributed by atoms with E-state index in [0.29, 0.717) is 5.13 Å². The molecular formula is C8H13N3OS. The molecule has 0 aromatic carbocycles. The lowest BCUT2D eigenvalue weighted by Gasteiger charge is -2.11. The van der Waals surface area contributed by atoms with E-state index >= 15 is 0 Å². The predicted octanol–water partition coefficient (Wildman–Crippen LogP) is 1.79. The van der Waals surface area contributed by atoms with Gasteiger partial charge in [-0.05, 0) is 0 Å². The van der Waals surface area contributed by atoms with Gasteiger partial charge in [-0.2, -0.15) is 4.37 Å². The molecule has 1 aromatic heterocycles. The quantitative estimate of drug-likeness (QED) is 0.750. The van der Waals surface area contributed by atoms with Gasteiger partial charge in [0.2, 0.25) is 11.0 Å². The van der Waals surface area contributed by atoms with Crippen molar-refractivity contribution in [2.45, 2.75) is 33.1 Å². The summed E-state index contributed by atoms with van der Waals surface area (Å²) in [6.45, 7) is 7.56. The molecule has 13 heavy (non-hydrogen) atoms. The number of nitrogens with one attached hydrogen (secondary N) is 1. The Hall–Kier alpha value is -0.970. The van der Waals surface area contributed by atoms with Gasteiger partial charge in [0.15, 0.2) is 0 Å². The highest BCUT2D eigenvalue weighted by Crippen LogP contribution is 2.22. The highest BCUT2D eigenvalue weighted by molar-refractivity contribution is 7.09. The molecule has 5 heteroatoms. The van der Waals surface area contributed by atoms with E-state index in [1.54, 1.807) is 0 Å². The Morgan fingerprint density at radius 1 is 1.46 bits per heavy atom. The van der Waals surface area contributed by atoms with Crippen molar-refractivity contribution in [2.75, 3.05) is 5.32 Å². The molecule has 1 aromatic rings. The van der Waals surface area contributed by atoms with Gasteiger partial charge >= 0.3 is 0 Å². The number of anilines is 1. The van der Waals surface area contributed by atoms with Gasteiger partial charge in [0, 0.05) is 23.9 Å². The van der Waals surface area contributed by atoms with E-state index in [4.69, 9.17) is 0 Å². The van der Waals surface area contributed by atoms with Crippen LogP contribution in [0.1, 0.15) is 33.5 Å². The lowest BCUT2D eigenvalue weighted by Crippen LogP contribution is -2.13. The third-order valence-electron chi connectivity index (χ3n) is 1.38. The lowest BCUT2D eigenvalue weighted by molar-refractivity contribution is -0.114. The minimum Gasteiger partial charge on any atom is -0.301 e. The predicted molar refractivity (Wildman–Crippen MR) is 52.9 cm³/mol. The largest absolute Gasteiger partial charge is 0.301 e. The topological polar surface area (TPSA) is 54.9 Å². The average molecular weight is 199 g/mol. The second-order valence-electron chi connectivity index (χ2n) is 3.85. The number of nitrogens with zero attached hydrogens (tertiary/aromatic N) is 2. The third kappa shape index (κ3) is 2.77. The van der Waals surface area contributed by atoms with Crippen LogP contribution in [-0.2, 0) is 10.2 Å². The van der Waals surface area contributed by atoms with Crippen molar-refractivity contribution < 1.29 is 4.79 Å². The van der Waals surface area contributed by atoms with E-state index < -0.39 is 0 Å². The number of aromatic nitrogens is 2. The molecule has 0 saturated carbocycles. The number of hydrogen-bond donors (Lipinski definition) is 1. The summed E-state index contributed by atoms with van der Waals surface area (Å²) in [4.78, 5) is 14.9. The fraction of sp³-hybridized carbons (Fsp3) is 0.625. The smallest absolute Gasteiger partial charge is 0.223 e. The number of carbonyl (C=O) groups is 1. The van der Waals surface area contributed by atoms with Crippen LogP contribution in [0.25, 0.3) is 0 Å². The summed E-state index contributed by atoms with van der Waals surface area (Å²) in [6.07, 6.45) is 0. The van der Waals surface area contributed by atoms with Gasteiger partial charge in [-0.25, -0.2) is 4.98 Å². The standard InChI is InChI=1S/C8H13N3OS/c1-5(12)9-7-10-6(11-13-7)8(2,3)4/h1-4H3,(H,9,10,11,12). The zero-order valence-corrected chi connectivity index (χ0v) is 9.03. The molecule has 1 N–H and O–H groups in total. The Balaban J connectivity index is 2.81. The molecule has 0 fully saturated rings. The molecule has 0 bridgehead atoms. The first-order valence-corrected chi connectivity index (χ1v) is 4.79. The Morgan fingerprint density at radius 3 is 2.46 bits per heavy atom. The normalized spacial score (nSPS) is 11.4. The number of carbonyl (C=O) groups excluding carboxylic acids is 1. The zero-order chi connectivity index (χ0) is 10.1. The highest BCUT2D eigenvalue weighted by Gasteiger charge is 2.19. The highest BCUT2D eigenvalue weighted by atomic mass is 32.1. The van der Waals surface area contributed by atoms with E-state index in [1.165, 1.54) is 18.5 Å². The second-order valence-corrected chi connectivity index (χ2v) is 4.61. The first-order chi connectivity index (χ1) is 5.89. The SMILES string of the molecule is CC(=O)Nc1nc(C(C)(C)C)ns1. The van der Waals surface area contributed by atoms with Crippen molar-refractivity contribution in [3.63, 3.8) is 0 Å². The van der Waals surface area contributed by atoms with Crippen LogP contribution in [-0.4, -0.2) is 15.3 Å². The average Bonchev–Trinajstić information content (AvgIpc) is 2.32. The molecule has 1 amide bonds. The summed E-state index contributed by atoms with van der Waals surface area (Å²) in [5, 5.41) is 3.17. The van der Waals surface area contributed by atoms with Crippen LogP contribution < -0.4 is 5.32 Å². The van der Waals surface area contributed by atoms with Crippen LogP contribution in [0.3, 0.4) is 0 Å². The molecule has 72 valence electrons. The summed E-state index contributed by atoms with van der Waals surface area (Å²) in [6, 6.07) is 0. The van der Waals surface area contributed by atoms with E-state index in [0.717, 1.165) is 5.82 Å². The number of rotatable bonds is 1. The Kier molecular flexibility index (Phi) is 2.66. The summed E-state index contributed by atoms with van der Waals surface area (Å²) >= 11 is 1.21. The molecule has 0 saturated heterocycles. The van der Waals surface area contributed by atoms with Crippen LogP contribution in [0.15, 0.2) is 0 Å². The van der Waals surface area contributed by atoms with Crippen molar-refractivity contribution in [1.29, 1.82) is 0 Å². The van der Waals surface area contributed by atoms with Crippen molar-refractivity contribution in [1.82, 2.24) is 9.36 Å². The van der Waals surface area contributed by atoms with Gasteiger partial charge in [0.05, 0.1) is 0 Å². The molecule has 0 aliphatic rings. The van der Waals surface area contributed by atoms with Gasteiger partial charge in [0.25, 0.3) is 0 Å². The van der Waals surface area contributed by atoms with Gasteiger partial charge in [-0.3, -0.25) is 4.79 Å². The molecule has 0 aliphatic heterocycles. The summed E-state index contributed by atoms with van der Waals surface area (Å²) in [5.74, 6) is 0.651. The van der Waals surface area contributed by atoms with Crippen molar-refractivity contribution in [3.8, 4) is 0 Å². The fourth-order valence-corrected chi connectivity index (χ4v) is 1.53. The lowest BCUT2D eigenvalue weighted by atomic mass is 9.96. The van der Waals surface area contributed by atoms with Crippen molar-refractivity contribution in [3.05, 3.63) is 5.82 Å². The molecule has 0 aliphatic carbocycles. The van der Waals surface area contributed by atoms with Gasteiger partial charge in [-0.15, -0.1) is 0 Å². The summed E-state index contributed by atoms with van der Waals surface area (Å²) in [7, 11) is 0. The van der Waals surface area contributed by atoms with Crippen LogP contribution in [0.5, 0.6) is 0 Å². The molecule has 0 spiro atoms. The Morgan fingerprint density at radius 2 is 2.08 bits per heavy atom. The van der Waals surface area contributed by atoms with Crippen LogP contribution >= 0.6 is 11.5 Å². The minimum atomic E-state index is -0.114. The monoisotopic (exact) mass is 199 g/mol. The van der Waals surface area contributed by atoms with Crippen LogP contribution in [0, 0.1) is 0 Å². The van der Waals surface area contributed by atoms with E-state index in [-0.39, 0.29) is 11.3 Å². The number of amides is 1.